The minimum absolute atomic E-state index is 0.00303. The fourth-order valence-electron chi connectivity index (χ4n) is 5.17. The number of aromatic hydroxyl groups is 1. The maximum atomic E-state index is 15.0. The van der Waals surface area contributed by atoms with Crippen molar-refractivity contribution in [2.75, 3.05) is 16.8 Å². The monoisotopic (exact) mass is 899 g/mol. The summed E-state index contributed by atoms with van der Waals surface area (Å²) >= 11 is 0. The second-order valence-corrected chi connectivity index (χ2v) is 19.4. The topological polar surface area (TPSA) is 330 Å². The molecule has 27 heteroatoms. The molecular weight excluding hydrogens is 874 g/mol. The summed E-state index contributed by atoms with van der Waals surface area (Å²) in [6, 6.07) is 9.14. The minimum atomic E-state index is -5.46. The van der Waals surface area contributed by atoms with Gasteiger partial charge in [-0.1, -0.05) is 19.2 Å². The average molecular weight is 900 g/mol. The highest BCUT2D eigenvalue weighted by Gasteiger charge is 2.27. The van der Waals surface area contributed by atoms with Crippen LogP contribution in [0.2, 0.25) is 0 Å². The summed E-state index contributed by atoms with van der Waals surface area (Å²) in [4.78, 5) is 8.42. The molecule has 21 nitrogen and oxygen atoms in total. The summed E-state index contributed by atoms with van der Waals surface area (Å²) in [5, 5.41) is 21.1. The van der Waals surface area contributed by atoms with Gasteiger partial charge in [0.05, 0.1) is 20.4 Å². The van der Waals surface area contributed by atoms with E-state index in [4.69, 9.17) is 0 Å². The van der Waals surface area contributed by atoms with Crippen molar-refractivity contribution in [1.82, 2.24) is 15.0 Å². The summed E-state index contributed by atoms with van der Waals surface area (Å²) in [6.07, 6.45) is -1.45. The number of sulfone groups is 2. The first-order chi connectivity index (χ1) is 26.8. The number of nitrogens with one attached hydrogen (secondary N) is 1. The van der Waals surface area contributed by atoms with Crippen LogP contribution in [-0.2, 0) is 50.0 Å². The first-order valence-electron chi connectivity index (χ1n) is 15.4. The first-order valence-corrected chi connectivity index (χ1v) is 22.8. The predicted octanol–water partition coefficient (Wildman–Crippen LogP) is 4.76. The first kappa shape index (κ1) is 43.3. The van der Waals surface area contributed by atoms with E-state index in [0.29, 0.717) is 41.1 Å². The van der Waals surface area contributed by atoms with Crippen molar-refractivity contribution < 1.29 is 65.2 Å². The molecule has 1 heterocycles. The Kier molecular flexibility index (Phi) is 11.6. The zero-order chi connectivity index (χ0) is 43.2. The maximum Gasteiger partial charge on any atom is 0.315 e. The fraction of sp³-hybridized carbons (Fsp3) is 0.0645. The standard InChI is InChI=1S/C31H26FN7O14S5/c1-4-39(18-8-7-9-19(14-18)54(41,42)5-2)31-35-29(32)34-30(36-31)33-23-16-21(56(45,46)47)12-17-13-25(58(51,52)53)27(28(40)26(17)23)38-37-22-15-20(55(43,44)6-3)10-11-24(22)57(48,49)50/h5-16,40H,2-4H2,1H3,(H,45,46,47)(H,48,49,50)(H,51,52,53)(H,33,34,35,36). The summed E-state index contributed by atoms with van der Waals surface area (Å²) < 4.78 is 168. The molecule has 0 spiro atoms. The molecular formula is C31H26FN7O14S5. The molecule has 0 saturated heterocycles. The number of nitrogens with zero attached hydrogens (tertiary/aromatic N) is 6. The molecule has 0 atom stereocenters. The van der Waals surface area contributed by atoms with Crippen molar-refractivity contribution in [2.24, 2.45) is 10.2 Å². The van der Waals surface area contributed by atoms with E-state index in [1.807, 2.05) is 0 Å². The lowest BCUT2D eigenvalue weighted by atomic mass is 10.1. The Hall–Kier alpha value is -5.81. The molecule has 306 valence electrons. The van der Waals surface area contributed by atoms with Gasteiger partial charge in [-0.25, -0.2) is 16.8 Å². The quantitative estimate of drug-likeness (QED) is 0.0740. The molecule has 0 radical (unpaired) electrons. The van der Waals surface area contributed by atoms with Gasteiger partial charge in [0, 0.05) is 28.4 Å². The van der Waals surface area contributed by atoms with Crippen LogP contribution in [0.4, 0.5) is 39.0 Å². The fourth-order valence-corrected chi connectivity index (χ4v) is 8.45. The Balaban J connectivity index is 1.76. The van der Waals surface area contributed by atoms with E-state index < -0.39 is 121 Å². The van der Waals surface area contributed by atoms with Gasteiger partial charge in [-0.2, -0.15) is 44.6 Å². The van der Waals surface area contributed by atoms with Crippen molar-refractivity contribution in [3.63, 3.8) is 0 Å². The molecule has 5 aromatic rings. The molecule has 58 heavy (non-hydrogen) atoms. The molecule has 0 unspecified atom stereocenters. The molecule has 0 amide bonds. The van der Waals surface area contributed by atoms with Gasteiger partial charge in [0.25, 0.3) is 30.4 Å². The van der Waals surface area contributed by atoms with E-state index in [0.717, 1.165) is 6.07 Å². The average Bonchev–Trinajstić information content (AvgIpc) is 3.13. The van der Waals surface area contributed by atoms with Crippen LogP contribution < -0.4 is 10.2 Å². The minimum Gasteiger partial charge on any atom is -0.505 e. The number of aromatic nitrogens is 3. The Morgan fingerprint density at radius 1 is 0.741 bits per heavy atom. The van der Waals surface area contributed by atoms with Gasteiger partial charge in [-0.3, -0.25) is 13.7 Å². The van der Waals surface area contributed by atoms with E-state index in [-0.39, 0.29) is 17.1 Å². The van der Waals surface area contributed by atoms with Crippen molar-refractivity contribution in [3.05, 3.63) is 90.7 Å². The number of benzene rings is 4. The van der Waals surface area contributed by atoms with Crippen LogP contribution in [0, 0.1) is 6.08 Å². The summed E-state index contributed by atoms with van der Waals surface area (Å²) in [7, 11) is -24.0. The molecule has 0 saturated carbocycles. The van der Waals surface area contributed by atoms with Crippen LogP contribution in [0.1, 0.15) is 6.92 Å². The molecule has 0 aliphatic rings. The third-order valence-electron chi connectivity index (χ3n) is 7.79. The molecule has 0 aliphatic carbocycles. The van der Waals surface area contributed by atoms with Crippen LogP contribution in [0.3, 0.4) is 0 Å². The Bertz CT molecular complexity index is 3160. The molecule has 5 N–H and O–H groups in total. The molecule has 5 rings (SSSR count). The molecule has 0 bridgehead atoms. The summed E-state index contributed by atoms with van der Waals surface area (Å²) in [6.45, 7) is 7.98. The van der Waals surface area contributed by atoms with Crippen LogP contribution in [-0.4, -0.2) is 82.4 Å². The molecule has 4 aromatic carbocycles. The number of hydrogen-bond acceptors (Lipinski definition) is 18. The van der Waals surface area contributed by atoms with Gasteiger partial charge in [0.1, 0.15) is 21.2 Å². The van der Waals surface area contributed by atoms with Crippen LogP contribution in [0.15, 0.2) is 119 Å². The lowest BCUT2D eigenvalue weighted by Gasteiger charge is -2.22. The number of rotatable bonds is 14. The Morgan fingerprint density at radius 3 is 1.93 bits per heavy atom. The van der Waals surface area contributed by atoms with E-state index in [1.165, 1.54) is 29.2 Å². The third-order valence-corrected chi connectivity index (χ3v) is 13.1. The molecule has 1 aromatic heterocycles. The van der Waals surface area contributed by atoms with E-state index in [1.54, 1.807) is 6.92 Å². The lowest BCUT2D eigenvalue weighted by molar-refractivity contribution is 0.472. The largest absolute Gasteiger partial charge is 0.505 e. The van der Waals surface area contributed by atoms with Crippen molar-refractivity contribution in [2.45, 2.75) is 31.4 Å². The second kappa shape index (κ2) is 15.5. The number of hydrogen-bond donors (Lipinski definition) is 5. The smallest absolute Gasteiger partial charge is 0.315 e. The molecule has 0 fully saturated rings. The number of phenols is 1. The van der Waals surface area contributed by atoms with Crippen LogP contribution >= 0.6 is 0 Å². The number of phenolic OH excluding ortho intramolecular Hbond substituents is 1. The van der Waals surface area contributed by atoms with E-state index in [9.17, 15) is 60.9 Å². The normalized spacial score (nSPS) is 12.8. The van der Waals surface area contributed by atoms with Gasteiger partial charge in [-0.05, 0) is 66.9 Å². The van der Waals surface area contributed by atoms with Crippen LogP contribution in [0.25, 0.3) is 10.8 Å². The summed E-state index contributed by atoms with van der Waals surface area (Å²) in [5.74, 6) is -2.42. The Labute approximate surface area is 329 Å². The van der Waals surface area contributed by atoms with Crippen LogP contribution in [0.5, 0.6) is 5.75 Å². The zero-order valence-corrected chi connectivity index (χ0v) is 33.1. The Morgan fingerprint density at radius 2 is 1.36 bits per heavy atom. The summed E-state index contributed by atoms with van der Waals surface area (Å²) in [5.41, 5.74) is -2.56. The number of azo groups is 1. The van der Waals surface area contributed by atoms with Gasteiger partial charge in [0.2, 0.25) is 11.9 Å². The van der Waals surface area contributed by atoms with Crippen molar-refractivity contribution in [1.29, 1.82) is 0 Å². The van der Waals surface area contributed by atoms with Crippen molar-refractivity contribution >= 4 is 95.4 Å². The third kappa shape index (κ3) is 9.00. The van der Waals surface area contributed by atoms with Gasteiger partial charge >= 0.3 is 6.08 Å². The number of anilines is 4. The zero-order valence-electron chi connectivity index (χ0n) is 29.0. The van der Waals surface area contributed by atoms with E-state index >= 15 is 4.39 Å². The van der Waals surface area contributed by atoms with Gasteiger partial charge in [0.15, 0.2) is 25.4 Å². The van der Waals surface area contributed by atoms with E-state index in [2.05, 4.69) is 43.7 Å². The highest BCUT2D eigenvalue weighted by Crippen LogP contribution is 2.46. The second-order valence-electron chi connectivity index (χ2n) is 11.4. The van der Waals surface area contributed by atoms with Gasteiger partial charge in [-0.15, -0.1) is 10.2 Å². The highest BCUT2D eigenvalue weighted by molar-refractivity contribution is 7.94. The lowest BCUT2D eigenvalue weighted by Crippen LogP contribution is -2.21. The number of halogens is 1. The maximum absolute atomic E-state index is 15.0. The SMILES string of the molecule is C=CS(=O)(=O)c1cccc(N(CC)c2nc(F)nc(Nc3cc(S(=O)(=O)O)cc4cc(S(=O)(=O)O)c(N=Nc5cc(S(=O)(=O)C=C)ccc5S(=O)(=O)O)c(O)c34)n2)c1. The van der Waals surface area contributed by atoms with Crippen molar-refractivity contribution in [3.8, 4) is 5.75 Å². The highest BCUT2D eigenvalue weighted by atomic mass is 32.2. The molecule has 0 aliphatic heterocycles. The predicted molar refractivity (Wildman–Crippen MR) is 203 cm³/mol. The van der Waals surface area contributed by atoms with Gasteiger partial charge < -0.3 is 15.3 Å². The number of fused-ring (bicyclic) bond motifs is 1.